The van der Waals surface area contributed by atoms with E-state index in [1.165, 1.54) is 17.7 Å². The molecule has 1 saturated heterocycles. The second-order valence-electron chi connectivity index (χ2n) is 5.60. The number of hydrogen-bond donors (Lipinski definition) is 1. The molecule has 0 unspecified atom stereocenters. The monoisotopic (exact) mass is 315 g/mol. The third-order valence-corrected chi connectivity index (χ3v) is 5.18. The summed E-state index contributed by atoms with van der Waals surface area (Å²) in [6.45, 7) is 3.82. The predicted molar refractivity (Wildman–Crippen MR) is 89.3 cm³/mol. The highest BCUT2D eigenvalue weighted by atomic mass is 32.1. The molecule has 1 aliphatic rings. The lowest BCUT2D eigenvalue weighted by atomic mass is 9.95. The zero-order chi connectivity index (χ0) is 15.2. The van der Waals surface area contributed by atoms with Gasteiger partial charge in [0, 0.05) is 24.2 Å². The van der Waals surface area contributed by atoms with Gasteiger partial charge in [-0.2, -0.15) is 0 Å². The summed E-state index contributed by atoms with van der Waals surface area (Å²) in [4.78, 5) is 19.9. The normalized spacial score (nSPS) is 16.5. The number of carbonyl (C=O) groups is 1. The first-order valence-electron chi connectivity index (χ1n) is 7.78. The van der Waals surface area contributed by atoms with E-state index in [-0.39, 0.29) is 5.91 Å². The highest BCUT2D eigenvalue weighted by Gasteiger charge is 2.20. The topological polar surface area (TPSA) is 45.2 Å². The second-order valence-corrected chi connectivity index (χ2v) is 6.58. The van der Waals surface area contributed by atoms with Gasteiger partial charge in [-0.25, -0.2) is 0 Å². The maximum absolute atomic E-state index is 11.9. The Bertz CT molecular complexity index is 577. The van der Waals surface area contributed by atoms with E-state index in [2.05, 4.69) is 32.7 Å². The number of piperidine rings is 1. The second kappa shape index (κ2) is 7.51. The van der Waals surface area contributed by atoms with Crippen LogP contribution in [0.5, 0.6) is 0 Å². The van der Waals surface area contributed by atoms with Crippen LogP contribution in [-0.4, -0.2) is 42.0 Å². The van der Waals surface area contributed by atoms with Gasteiger partial charge in [0.15, 0.2) is 0 Å². The summed E-state index contributed by atoms with van der Waals surface area (Å²) in [5.74, 6) is 0.633. The van der Waals surface area contributed by atoms with Gasteiger partial charge in [0.2, 0.25) is 0 Å². The van der Waals surface area contributed by atoms with Gasteiger partial charge in [-0.1, -0.05) is 12.1 Å². The van der Waals surface area contributed by atoms with Gasteiger partial charge in [0.1, 0.15) is 5.69 Å². The van der Waals surface area contributed by atoms with Crippen LogP contribution in [0.4, 0.5) is 0 Å². The largest absolute Gasteiger partial charge is 0.349 e. The van der Waals surface area contributed by atoms with Crippen LogP contribution in [0, 0.1) is 0 Å². The molecule has 1 aliphatic heterocycles. The average Bonchev–Trinajstić information content (AvgIpc) is 3.11. The number of rotatable bonds is 5. The molecule has 0 spiro atoms. The number of hydrogen-bond acceptors (Lipinski definition) is 4. The van der Waals surface area contributed by atoms with Crippen LogP contribution in [0.2, 0.25) is 0 Å². The minimum absolute atomic E-state index is 0.0888. The number of thiophene rings is 1. The number of pyridine rings is 1. The van der Waals surface area contributed by atoms with E-state index in [1.807, 2.05) is 23.5 Å². The van der Waals surface area contributed by atoms with Crippen LogP contribution in [0.3, 0.4) is 0 Å². The Morgan fingerprint density at radius 3 is 2.82 bits per heavy atom. The zero-order valence-corrected chi connectivity index (χ0v) is 13.4. The SMILES string of the molecule is O=C(NCCN1CCC(c2cccs2)CC1)c1ccccn1. The molecule has 1 N–H and O–H groups in total. The molecule has 0 atom stereocenters. The van der Waals surface area contributed by atoms with Crippen LogP contribution in [0.15, 0.2) is 41.9 Å². The highest BCUT2D eigenvalue weighted by Crippen LogP contribution is 2.30. The fraction of sp³-hybridized carbons (Fsp3) is 0.412. The van der Waals surface area contributed by atoms with Crippen molar-refractivity contribution < 1.29 is 4.79 Å². The van der Waals surface area contributed by atoms with E-state index in [0.717, 1.165) is 25.6 Å². The Labute approximate surface area is 135 Å². The summed E-state index contributed by atoms with van der Waals surface area (Å²) in [6, 6.07) is 9.77. The predicted octanol–water partition coefficient (Wildman–Crippen LogP) is 2.75. The van der Waals surface area contributed by atoms with Crippen molar-refractivity contribution >= 4 is 17.2 Å². The summed E-state index contributed by atoms with van der Waals surface area (Å²) in [5.41, 5.74) is 0.485. The molecule has 0 bridgehead atoms. The van der Waals surface area contributed by atoms with E-state index in [4.69, 9.17) is 0 Å². The Balaban J connectivity index is 1.38. The summed E-state index contributed by atoms with van der Waals surface area (Å²) < 4.78 is 0. The molecule has 2 aromatic heterocycles. The summed E-state index contributed by atoms with van der Waals surface area (Å²) in [6.07, 6.45) is 4.08. The van der Waals surface area contributed by atoms with E-state index >= 15 is 0 Å². The van der Waals surface area contributed by atoms with E-state index < -0.39 is 0 Å². The molecular formula is C17H21N3OS. The molecular weight excluding hydrogens is 294 g/mol. The van der Waals surface area contributed by atoms with Crippen LogP contribution in [0.25, 0.3) is 0 Å². The van der Waals surface area contributed by atoms with Crippen molar-refractivity contribution in [2.75, 3.05) is 26.2 Å². The molecule has 22 heavy (non-hydrogen) atoms. The van der Waals surface area contributed by atoms with E-state index in [0.29, 0.717) is 12.2 Å². The summed E-state index contributed by atoms with van der Waals surface area (Å²) in [5, 5.41) is 5.11. The average molecular weight is 315 g/mol. The lowest BCUT2D eigenvalue weighted by Gasteiger charge is -2.31. The van der Waals surface area contributed by atoms with Gasteiger partial charge >= 0.3 is 0 Å². The third-order valence-electron chi connectivity index (χ3n) is 4.14. The lowest BCUT2D eigenvalue weighted by molar-refractivity contribution is 0.0941. The van der Waals surface area contributed by atoms with Crippen molar-refractivity contribution in [2.45, 2.75) is 18.8 Å². The standard InChI is InChI=1S/C17H21N3OS/c21-17(15-4-1-2-8-18-15)19-9-12-20-10-6-14(7-11-20)16-5-3-13-22-16/h1-5,8,13-14H,6-7,9-12H2,(H,19,21). The molecule has 2 aromatic rings. The van der Waals surface area contributed by atoms with Gasteiger partial charge in [-0.15, -0.1) is 11.3 Å². The van der Waals surface area contributed by atoms with Crippen molar-refractivity contribution in [3.63, 3.8) is 0 Å². The quantitative estimate of drug-likeness (QED) is 0.923. The highest BCUT2D eigenvalue weighted by molar-refractivity contribution is 7.10. The number of amides is 1. The zero-order valence-electron chi connectivity index (χ0n) is 12.6. The van der Waals surface area contributed by atoms with Gasteiger partial charge in [0.25, 0.3) is 5.91 Å². The fourth-order valence-corrected chi connectivity index (χ4v) is 3.78. The van der Waals surface area contributed by atoms with Gasteiger partial charge in [-0.3, -0.25) is 9.78 Å². The van der Waals surface area contributed by atoms with Crippen LogP contribution in [-0.2, 0) is 0 Å². The number of carbonyl (C=O) groups excluding carboxylic acids is 1. The molecule has 1 fully saturated rings. The first-order chi connectivity index (χ1) is 10.8. The molecule has 0 aromatic carbocycles. The van der Waals surface area contributed by atoms with Crippen molar-refractivity contribution in [3.8, 4) is 0 Å². The smallest absolute Gasteiger partial charge is 0.269 e. The fourth-order valence-electron chi connectivity index (χ4n) is 2.88. The minimum atomic E-state index is -0.0888. The minimum Gasteiger partial charge on any atom is -0.349 e. The molecule has 0 saturated carbocycles. The number of likely N-dealkylation sites (tertiary alicyclic amines) is 1. The molecule has 4 nitrogen and oxygen atoms in total. The molecule has 1 amide bonds. The summed E-state index contributed by atoms with van der Waals surface area (Å²) in [7, 11) is 0. The number of nitrogens with zero attached hydrogens (tertiary/aromatic N) is 2. The molecule has 0 radical (unpaired) electrons. The van der Waals surface area contributed by atoms with Crippen LogP contribution >= 0.6 is 11.3 Å². The van der Waals surface area contributed by atoms with E-state index in [1.54, 1.807) is 12.3 Å². The molecule has 0 aliphatic carbocycles. The Kier molecular flexibility index (Phi) is 5.19. The van der Waals surface area contributed by atoms with Crippen molar-refractivity contribution in [2.24, 2.45) is 0 Å². The Morgan fingerprint density at radius 2 is 2.14 bits per heavy atom. The van der Waals surface area contributed by atoms with Crippen molar-refractivity contribution in [1.29, 1.82) is 0 Å². The maximum atomic E-state index is 11.9. The first kappa shape index (κ1) is 15.2. The number of aromatic nitrogens is 1. The van der Waals surface area contributed by atoms with Crippen molar-refractivity contribution in [1.82, 2.24) is 15.2 Å². The number of nitrogens with one attached hydrogen (secondary N) is 1. The third kappa shape index (κ3) is 3.93. The van der Waals surface area contributed by atoms with Crippen LogP contribution in [0.1, 0.15) is 34.1 Å². The first-order valence-corrected chi connectivity index (χ1v) is 8.66. The molecule has 3 rings (SSSR count). The van der Waals surface area contributed by atoms with Gasteiger partial charge in [-0.05, 0) is 55.4 Å². The molecule has 5 heteroatoms. The van der Waals surface area contributed by atoms with Crippen molar-refractivity contribution in [3.05, 3.63) is 52.5 Å². The summed E-state index contributed by atoms with van der Waals surface area (Å²) >= 11 is 1.87. The van der Waals surface area contributed by atoms with Gasteiger partial charge < -0.3 is 10.2 Å². The molecule has 3 heterocycles. The Morgan fingerprint density at radius 1 is 1.27 bits per heavy atom. The maximum Gasteiger partial charge on any atom is 0.269 e. The van der Waals surface area contributed by atoms with E-state index in [9.17, 15) is 4.79 Å². The molecule has 116 valence electrons. The Hall–Kier alpha value is -1.72. The van der Waals surface area contributed by atoms with Gasteiger partial charge in [0.05, 0.1) is 0 Å². The van der Waals surface area contributed by atoms with Crippen LogP contribution < -0.4 is 5.32 Å². The lowest BCUT2D eigenvalue weighted by Crippen LogP contribution is -2.39.